The Balaban J connectivity index is 2.10. The van der Waals surface area contributed by atoms with Crippen LogP contribution in [0.1, 0.15) is 68.5 Å². The first-order valence-electron chi connectivity index (χ1n) is 7.35. The molecule has 0 fully saturated rings. The summed E-state index contributed by atoms with van der Waals surface area (Å²) in [6.45, 7) is 4.39. The molecule has 18 heavy (non-hydrogen) atoms. The number of aryl methyl sites for hydroxylation is 1. The summed E-state index contributed by atoms with van der Waals surface area (Å²) in [5, 5.41) is 0. The van der Waals surface area contributed by atoms with Crippen molar-refractivity contribution >= 4 is 17.1 Å². The summed E-state index contributed by atoms with van der Waals surface area (Å²) in [5.74, 6) is 0.412. The third-order valence-electron chi connectivity index (χ3n) is 3.25. The second-order valence-corrected chi connectivity index (χ2v) is 6.21. The van der Waals surface area contributed by atoms with Crippen molar-refractivity contribution in [3.8, 4) is 0 Å². The van der Waals surface area contributed by atoms with Crippen molar-refractivity contribution in [1.82, 2.24) is 0 Å². The second kappa shape index (κ2) is 9.32. The van der Waals surface area contributed by atoms with E-state index in [1.54, 1.807) is 11.3 Å². The molecule has 0 radical (unpaired) electrons. The molecule has 1 aromatic heterocycles. The van der Waals surface area contributed by atoms with Gasteiger partial charge in [-0.15, -0.1) is 11.3 Å². The van der Waals surface area contributed by atoms with E-state index in [0.717, 1.165) is 19.3 Å². The molecule has 2 heteroatoms. The second-order valence-electron chi connectivity index (χ2n) is 4.95. The molecule has 1 aromatic rings. The van der Waals surface area contributed by atoms with Gasteiger partial charge in [0.05, 0.1) is 0 Å². The van der Waals surface area contributed by atoms with Crippen LogP contribution in [0.3, 0.4) is 0 Å². The van der Waals surface area contributed by atoms with E-state index in [1.807, 2.05) is 0 Å². The monoisotopic (exact) mass is 266 g/mol. The molecular weight excluding hydrogens is 240 g/mol. The Labute approximate surface area is 116 Å². The van der Waals surface area contributed by atoms with Crippen LogP contribution in [-0.4, -0.2) is 5.78 Å². The van der Waals surface area contributed by atoms with Gasteiger partial charge in [-0.1, -0.05) is 46.0 Å². The van der Waals surface area contributed by atoms with Crippen molar-refractivity contribution in [2.75, 3.05) is 0 Å². The van der Waals surface area contributed by atoms with Gasteiger partial charge in [0.1, 0.15) is 5.78 Å². The highest BCUT2D eigenvalue weighted by molar-refractivity contribution is 7.12. The summed E-state index contributed by atoms with van der Waals surface area (Å²) >= 11 is 1.79. The molecule has 0 atom stereocenters. The molecule has 0 unspecified atom stereocenters. The summed E-state index contributed by atoms with van der Waals surface area (Å²) in [4.78, 5) is 14.4. The number of thiophene rings is 1. The highest BCUT2D eigenvalue weighted by Crippen LogP contribution is 2.18. The Morgan fingerprint density at radius 2 is 1.67 bits per heavy atom. The van der Waals surface area contributed by atoms with Crippen LogP contribution in [0.5, 0.6) is 0 Å². The van der Waals surface area contributed by atoms with E-state index < -0.39 is 0 Å². The lowest BCUT2D eigenvalue weighted by Gasteiger charge is -2.00. The lowest BCUT2D eigenvalue weighted by atomic mass is 10.1. The maximum Gasteiger partial charge on any atom is 0.138 e. The number of hydrogen-bond donors (Lipinski definition) is 0. The molecular formula is C16H26OS. The highest BCUT2D eigenvalue weighted by atomic mass is 32.1. The number of rotatable bonds is 10. The van der Waals surface area contributed by atoms with Crippen LogP contribution in [0.4, 0.5) is 0 Å². The maximum atomic E-state index is 11.8. The molecule has 0 saturated heterocycles. The first-order chi connectivity index (χ1) is 8.76. The molecule has 0 aromatic carbocycles. The van der Waals surface area contributed by atoms with Crippen molar-refractivity contribution in [3.63, 3.8) is 0 Å². The lowest BCUT2D eigenvalue weighted by Crippen LogP contribution is -2.00. The average Bonchev–Trinajstić information content (AvgIpc) is 2.81. The third-order valence-corrected chi connectivity index (χ3v) is 4.48. The zero-order valence-electron chi connectivity index (χ0n) is 11.8. The van der Waals surface area contributed by atoms with E-state index in [2.05, 4.69) is 26.0 Å². The van der Waals surface area contributed by atoms with Gasteiger partial charge in [-0.05, 0) is 25.0 Å². The van der Waals surface area contributed by atoms with E-state index in [4.69, 9.17) is 0 Å². The van der Waals surface area contributed by atoms with Crippen LogP contribution in [0.15, 0.2) is 12.1 Å². The molecule has 0 N–H and O–H groups in total. The fourth-order valence-electron chi connectivity index (χ4n) is 2.09. The Bertz CT molecular complexity index is 341. The normalized spacial score (nSPS) is 10.8. The topological polar surface area (TPSA) is 17.1 Å². The average molecular weight is 266 g/mol. The molecule has 0 aliphatic rings. The van der Waals surface area contributed by atoms with E-state index in [9.17, 15) is 4.79 Å². The SMILES string of the molecule is CCCCCCCCC(=O)Cc1ccc(CC)s1. The minimum Gasteiger partial charge on any atom is -0.299 e. The Morgan fingerprint density at radius 3 is 2.33 bits per heavy atom. The molecule has 1 rings (SSSR count). The minimum absolute atomic E-state index is 0.412. The van der Waals surface area contributed by atoms with Crippen molar-refractivity contribution in [1.29, 1.82) is 0 Å². The number of carbonyl (C=O) groups is 1. The summed E-state index contributed by atoms with van der Waals surface area (Å²) in [7, 11) is 0. The van der Waals surface area contributed by atoms with Crippen LogP contribution >= 0.6 is 11.3 Å². The van der Waals surface area contributed by atoms with Gasteiger partial charge < -0.3 is 0 Å². The first kappa shape index (κ1) is 15.4. The largest absolute Gasteiger partial charge is 0.299 e. The molecule has 1 nitrogen and oxygen atoms in total. The fraction of sp³-hybridized carbons (Fsp3) is 0.688. The van der Waals surface area contributed by atoms with Gasteiger partial charge >= 0.3 is 0 Å². The minimum atomic E-state index is 0.412. The number of ketones is 1. The van der Waals surface area contributed by atoms with E-state index in [1.165, 1.54) is 41.9 Å². The number of unbranched alkanes of at least 4 members (excludes halogenated alkanes) is 5. The number of Topliss-reactive ketones (excluding diaryl/α,β-unsaturated/α-hetero) is 1. The summed E-state index contributed by atoms with van der Waals surface area (Å²) in [6, 6.07) is 4.26. The quantitative estimate of drug-likeness (QED) is 0.534. The van der Waals surface area contributed by atoms with Crippen LogP contribution < -0.4 is 0 Å². The molecule has 102 valence electrons. The Hall–Kier alpha value is -0.630. The molecule has 0 bridgehead atoms. The molecule has 0 saturated carbocycles. The number of hydrogen-bond acceptors (Lipinski definition) is 2. The predicted octanol–water partition coefficient (Wildman–Crippen LogP) is 5.17. The zero-order valence-corrected chi connectivity index (χ0v) is 12.7. The van der Waals surface area contributed by atoms with Crippen molar-refractivity contribution in [3.05, 3.63) is 21.9 Å². The standard InChI is InChI=1S/C16H26OS/c1-3-5-6-7-8-9-10-14(17)13-16-12-11-15(4-2)18-16/h11-12H,3-10,13H2,1-2H3. The molecule has 0 aliphatic heterocycles. The summed E-state index contributed by atoms with van der Waals surface area (Å²) < 4.78 is 0. The fourth-order valence-corrected chi connectivity index (χ4v) is 3.08. The molecule has 0 amide bonds. The van der Waals surface area contributed by atoms with Crippen LogP contribution in [0.25, 0.3) is 0 Å². The van der Waals surface area contributed by atoms with E-state index in [-0.39, 0.29) is 0 Å². The van der Waals surface area contributed by atoms with Crippen LogP contribution in [0, 0.1) is 0 Å². The van der Waals surface area contributed by atoms with Gasteiger partial charge in [0.25, 0.3) is 0 Å². The van der Waals surface area contributed by atoms with Gasteiger partial charge in [0, 0.05) is 22.6 Å². The Morgan fingerprint density at radius 1 is 1.00 bits per heavy atom. The third kappa shape index (κ3) is 6.34. The summed E-state index contributed by atoms with van der Waals surface area (Å²) in [6.07, 6.45) is 10.0. The Kier molecular flexibility index (Phi) is 7.99. The van der Waals surface area contributed by atoms with Crippen LogP contribution in [0.2, 0.25) is 0 Å². The van der Waals surface area contributed by atoms with E-state index >= 15 is 0 Å². The van der Waals surface area contributed by atoms with Gasteiger partial charge in [-0.25, -0.2) is 0 Å². The van der Waals surface area contributed by atoms with Gasteiger partial charge in [-0.3, -0.25) is 4.79 Å². The summed E-state index contributed by atoms with van der Waals surface area (Å²) in [5.41, 5.74) is 0. The van der Waals surface area contributed by atoms with Crippen molar-refractivity contribution in [2.45, 2.75) is 71.6 Å². The van der Waals surface area contributed by atoms with Gasteiger partial charge in [0.2, 0.25) is 0 Å². The van der Waals surface area contributed by atoms with Crippen molar-refractivity contribution < 1.29 is 4.79 Å². The highest BCUT2D eigenvalue weighted by Gasteiger charge is 2.06. The maximum absolute atomic E-state index is 11.8. The smallest absolute Gasteiger partial charge is 0.138 e. The zero-order chi connectivity index (χ0) is 13.2. The first-order valence-corrected chi connectivity index (χ1v) is 8.17. The van der Waals surface area contributed by atoms with E-state index in [0.29, 0.717) is 12.2 Å². The molecule has 0 aliphatic carbocycles. The van der Waals surface area contributed by atoms with Gasteiger partial charge in [0.15, 0.2) is 0 Å². The van der Waals surface area contributed by atoms with Gasteiger partial charge in [-0.2, -0.15) is 0 Å². The number of carbonyl (C=O) groups excluding carboxylic acids is 1. The lowest BCUT2D eigenvalue weighted by molar-refractivity contribution is -0.118. The predicted molar refractivity (Wildman–Crippen MR) is 80.4 cm³/mol. The molecule has 1 heterocycles. The molecule has 0 spiro atoms. The van der Waals surface area contributed by atoms with Crippen molar-refractivity contribution in [2.24, 2.45) is 0 Å². The van der Waals surface area contributed by atoms with Crippen LogP contribution in [-0.2, 0) is 17.6 Å².